The van der Waals surface area contributed by atoms with Crippen molar-refractivity contribution >= 4 is 11.0 Å². The molecule has 0 atom stereocenters. The highest BCUT2D eigenvalue weighted by molar-refractivity contribution is 5.83. The van der Waals surface area contributed by atoms with Crippen LogP contribution >= 0.6 is 0 Å². The molecule has 1 aliphatic rings. The van der Waals surface area contributed by atoms with Crippen LogP contribution in [0.4, 0.5) is 8.78 Å². The standard InChI is InChI=1S/C15H11F2N3/c16-10-4-9(7-18-8-10)11-5-14-13(6-12(11)17)19-15-2-1-3-20(14)15/h4-8H,1-3H2. The van der Waals surface area contributed by atoms with Crippen LogP contribution in [0.2, 0.25) is 0 Å². The smallest absolute Gasteiger partial charge is 0.142 e. The number of hydrogen-bond donors (Lipinski definition) is 0. The number of nitrogens with zero attached hydrogens (tertiary/aromatic N) is 3. The summed E-state index contributed by atoms with van der Waals surface area (Å²) in [7, 11) is 0. The number of aromatic nitrogens is 3. The second kappa shape index (κ2) is 4.10. The summed E-state index contributed by atoms with van der Waals surface area (Å²) in [6.45, 7) is 0.901. The van der Waals surface area contributed by atoms with E-state index in [2.05, 4.69) is 14.5 Å². The van der Waals surface area contributed by atoms with Crippen molar-refractivity contribution in [3.8, 4) is 11.1 Å². The number of fused-ring (bicyclic) bond motifs is 3. The maximum Gasteiger partial charge on any atom is 0.142 e. The molecule has 0 aliphatic carbocycles. The lowest BCUT2D eigenvalue weighted by molar-refractivity contribution is 0.619. The van der Waals surface area contributed by atoms with E-state index in [1.807, 2.05) is 0 Å². The van der Waals surface area contributed by atoms with E-state index in [1.165, 1.54) is 18.3 Å². The summed E-state index contributed by atoms with van der Waals surface area (Å²) in [6, 6.07) is 4.45. The lowest BCUT2D eigenvalue weighted by Crippen LogP contribution is -1.93. The number of imidazole rings is 1. The Kier molecular flexibility index (Phi) is 2.36. The van der Waals surface area contributed by atoms with Gasteiger partial charge in [0, 0.05) is 36.4 Å². The number of hydrogen-bond acceptors (Lipinski definition) is 2. The van der Waals surface area contributed by atoms with Crippen molar-refractivity contribution in [1.29, 1.82) is 0 Å². The molecule has 100 valence electrons. The largest absolute Gasteiger partial charge is 0.328 e. The first-order valence-corrected chi connectivity index (χ1v) is 6.52. The molecular formula is C15H11F2N3. The summed E-state index contributed by atoms with van der Waals surface area (Å²) in [5.41, 5.74) is 2.36. The van der Waals surface area contributed by atoms with Gasteiger partial charge in [-0.2, -0.15) is 0 Å². The van der Waals surface area contributed by atoms with E-state index in [0.29, 0.717) is 16.6 Å². The van der Waals surface area contributed by atoms with Gasteiger partial charge in [-0.05, 0) is 18.6 Å². The lowest BCUT2D eigenvalue weighted by Gasteiger charge is -2.05. The van der Waals surface area contributed by atoms with Crippen molar-refractivity contribution < 1.29 is 8.78 Å². The zero-order chi connectivity index (χ0) is 13.7. The topological polar surface area (TPSA) is 30.7 Å². The van der Waals surface area contributed by atoms with Gasteiger partial charge in [-0.3, -0.25) is 4.98 Å². The van der Waals surface area contributed by atoms with Crippen molar-refractivity contribution in [3.05, 3.63) is 48.1 Å². The SMILES string of the molecule is Fc1cncc(-c2cc3c(cc2F)nc2n3CCC2)c1. The average molecular weight is 271 g/mol. The first kappa shape index (κ1) is 11.5. The Bertz CT molecular complexity index is 823. The van der Waals surface area contributed by atoms with Gasteiger partial charge < -0.3 is 4.57 Å². The molecule has 0 saturated carbocycles. The minimum absolute atomic E-state index is 0.360. The molecule has 4 rings (SSSR count). The van der Waals surface area contributed by atoms with E-state index in [0.717, 1.165) is 36.9 Å². The first-order chi connectivity index (χ1) is 9.72. The summed E-state index contributed by atoms with van der Waals surface area (Å²) >= 11 is 0. The molecule has 3 heterocycles. The monoisotopic (exact) mass is 271 g/mol. The maximum atomic E-state index is 14.2. The molecule has 2 aromatic heterocycles. The fourth-order valence-electron chi connectivity index (χ4n) is 2.81. The van der Waals surface area contributed by atoms with Crippen LogP contribution in [0.3, 0.4) is 0 Å². The molecule has 0 unspecified atom stereocenters. The maximum absolute atomic E-state index is 14.2. The number of halogens is 2. The van der Waals surface area contributed by atoms with Crippen molar-refractivity contribution in [2.24, 2.45) is 0 Å². The predicted octanol–water partition coefficient (Wildman–Crippen LogP) is 3.32. The molecule has 0 amide bonds. The van der Waals surface area contributed by atoms with Gasteiger partial charge in [0.1, 0.15) is 17.5 Å². The van der Waals surface area contributed by atoms with E-state index in [9.17, 15) is 8.78 Å². The highest BCUT2D eigenvalue weighted by atomic mass is 19.1. The van der Waals surface area contributed by atoms with E-state index < -0.39 is 11.6 Å². The van der Waals surface area contributed by atoms with Crippen LogP contribution in [0.15, 0.2) is 30.6 Å². The van der Waals surface area contributed by atoms with Crippen LogP contribution in [0.1, 0.15) is 12.2 Å². The summed E-state index contributed by atoms with van der Waals surface area (Å²) in [5, 5.41) is 0. The third kappa shape index (κ3) is 1.62. The van der Waals surface area contributed by atoms with E-state index >= 15 is 0 Å². The van der Waals surface area contributed by atoms with Crippen LogP contribution in [-0.2, 0) is 13.0 Å². The van der Waals surface area contributed by atoms with Gasteiger partial charge in [-0.25, -0.2) is 13.8 Å². The fraction of sp³-hybridized carbons (Fsp3) is 0.200. The first-order valence-electron chi connectivity index (χ1n) is 6.52. The predicted molar refractivity (Wildman–Crippen MR) is 71.2 cm³/mol. The van der Waals surface area contributed by atoms with Crippen LogP contribution in [0.25, 0.3) is 22.2 Å². The molecule has 5 heteroatoms. The Hall–Kier alpha value is -2.30. The molecule has 20 heavy (non-hydrogen) atoms. The second-order valence-electron chi connectivity index (χ2n) is 5.00. The van der Waals surface area contributed by atoms with Crippen molar-refractivity contribution in [3.63, 3.8) is 0 Å². The molecule has 0 spiro atoms. The van der Waals surface area contributed by atoms with Crippen LogP contribution in [0, 0.1) is 11.6 Å². The van der Waals surface area contributed by atoms with Crippen molar-refractivity contribution in [2.75, 3.05) is 0 Å². The summed E-state index contributed by atoms with van der Waals surface area (Å²) in [4.78, 5) is 8.22. The van der Waals surface area contributed by atoms with E-state index in [4.69, 9.17) is 0 Å². The normalized spacial score (nSPS) is 13.9. The number of rotatable bonds is 1. The Morgan fingerprint density at radius 3 is 2.85 bits per heavy atom. The molecule has 3 nitrogen and oxygen atoms in total. The zero-order valence-electron chi connectivity index (χ0n) is 10.6. The quantitative estimate of drug-likeness (QED) is 0.679. The molecule has 0 radical (unpaired) electrons. The molecular weight excluding hydrogens is 260 g/mol. The van der Waals surface area contributed by atoms with Gasteiger partial charge in [0.15, 0.2) is 0 Å². The number of benzene rings is 1. The van der Waals surface area contributed by atoms with Gasteiger partial charge >= 0.3 is 0 Å². The lowest BCUT2D eigenvalue weighted by atomic mass is 10.1. The molecule has 0 fully saturated rings. The van der Waals surface area contributed by atoms with E-state index in [1.54, 1.807) is 6.07 Å². The summed E-state index contributed by atoms with van der Waals surface area (Å²) in [5.74, 6) is 0.121. The Labute approximate surface area is 113 Å². The highest BCUT2D eigenvalue weighted by Gasteiger charge is 2.18. The van der Waals surface area contributed by atoms with Crippen LogP contribution < -0.4 is 0 Å². The van der Waals surface area contributed by atoms with Crippen LogP contribution in [0.5, 0.6) is 0 Å². The fourth-order valence-corrected chi connectivity index (χ4v) is 2.81. The number of pyridine rings is 1. The molecule has 0 bridgehead atoms. The van der Waals surface area contributed by atoms with Gasteiger partial charge in [-0.15, -0.1) is 0 Å². The number of aryl methyl sites for hydroxylation is 2. The third-order valence-corrected chi connectivity index (χ3v) is 3.71. The molecule has 1 aromatic carbocycles. The van der Waals surface area contributed by atoms with Crippen molar-refractivity contribution in [1.82, 2.24) is 14.5 Å². The minimum Gasteiger partial charge on any atom is -0.328 e. The van der Waals surface area contributed by atoms with Gasteiger partial charge in [-0.1, -0.05) is 0 Å². The summed E-state index contributed by atoms with van der Waals surface area (Å²) < 4.78 is 29.6. The van der Waals surface area contributed by atoms with Gasteiger partial charge in [0.25, 0.3) is 0 Å². The molecule has 1 aliphatic heterocycles. The minimum atomic E-state index is -0.472. The van der Waals surface area contributed by atoms with Gasteiger partial charge in [0.2, 0.25) is 0 Å². The zero-order valence-corrected chi connectivity index (χ0v) is 10.6. The third-order valence-electron chi connectivity index (χ3n) is 3.71. The Morgan fingerprint density at radius 1 is 1.10 bits per heavy atom. The summed E-state index contributed by atoms with van der Waals surface area (Å²) in [6.07, 6.45) is 4.56. The van der Waals surface area contributed by atoms with Gasteiger partial charge in [0.05, 0.1) is 17.2 Å². The Morgan fingerprint density at radius 2 is 2.00 bits per heavy atom. The van der Waals surface area contributed by atoms with E-state index in [-0.39, 0.29) is 0 Å². The molecule has 0 saturated heterocycles. The van der Waals surface area contributed by atoms with Crippen LogP contribution in [-0.4, -0.2) is 14.5 Å². The second-order valence-corrected chi connectivity index (χ2v) is 5.00. The molecule has 0 N–H and O–H groups in total. The highest BCUT2D eigenvalue weighted by Crippen LogP contribution is 2.30. The Balaban J connectivity index is 1.98. The van der Waals surface area contributed by atoms with Crippen molar-refractivity contribution in [2.45, 2.75) is 19.4 Å². The molecule has 3 aromatic rings. The average Bonchev–Trinajstić information content (AvgIpc) is 2.98.